The fourth-order valence-electron chi connectivity index (χ4n) is 15.2. The standard InChI is InChI=1S/C35H26N4.2C33H22N4/c1-2-24-12-14-26(15-13-24)32-22-27(23-33(38-32)31-10-5-6-20-36-31)25-16-18-28(19-17-25)39-34-11-4-3-8-29(34)30-9-7-21-37-35(30)39;1-2-9-23(10-3-1)25-21-29(36-30(22-25)28-12-6-7-19-34-28)24-15-17-26(18-16-24)37-31-13-5-4-11-27(31)33-32(37)14-8-20-35-33;1-2-8-24(9-3-1)30-20-25(21-31(36-30)29-11-6-7-18-35-29)23-13-15-26(16-14-23)37-32-12-5-4-10-27(32)28-17-19-34-22-33(28)37/h3-23H,2H2,1H3;2*1-22H. The lowest BCUT2D eigenvalue weighted by atomic mass is 10.00. The van der Waals surface area contributed by atoms with Crippen molar-refractivity contribution in [3.63, 3.8) is 0 Å². The summed E-state index contributed by atoms with van der Waals surface area (Å²) in [5, 5.41) is 5.95. The van der Waals surface area contributed by atoms with E-state index in [1.54, 1.807) is 12.4 Å². The first-order chi connectivity index (χ1) is 56.0. The van der Waals surface area contributed by atoms with Gasteiger partial charge in [0.1, 0.15) is 5.65 Å². The van der Waals surface area contributed by atoms with Gasteiger partial charge in [0, 0.05) is 97.9 Å². The molecule has 12 heteroatoms. The predicted molar refractivity (Wildman–Crippen MR) is 461 cm³/mol. The lowest BCUT2D eigenvalue weighted by Crippen LogP contribution is -1.96. The molecule has 534 valence electrons. The van der Waals surface area contributed by atoms with E-state index in [-0.39, 0.29) is 0 Å². The number of nitrogens with zero attached hydrogens (tertiary/aromatic N) is 12. The first-order valence-corrected chi connectivity index (χ1v) is 37.8. The number of rotatable bonds is 13. The number of hydrogen-bond donors (Lipinski definition) is 0. The molecule has 9 aromatic carbocycles. The van der Waals surface area contributed by atoms with Gasteiger partial charge in [-0.25, -0.2) is 19.9 Å². The van der Waals surface area contributed by atoms with E-state index in [1.165, 1.54) is 27.2 Å². The van der Waals surface area contributed by atoms with Crippen LogP contribution in [0.25, 0.3) is 184 Å². The van der Waals surface area contributed by atoms with Crippen LogP contribution in [0.3, 0.4) is 0 Å². The Balaban J connectivity index is 0.000000114. The van der Waals surface area contributed by atoms with E-state index in [2.05, 4.69) is 306 Å². The first-order valence-electron chi connectivity index (χ1n) is 37.8. The molecule has 0 spiro atoms. The van der Waals surface area contributed by atoms with Gasteiger partial charge in [0.2, 0.25) is 0 Å². The van der Waals surface area contributed by atoms with Crippen LogP contribution < -0.4 is 0 Å². The molecule has 0 saturated carbocycles. The third kappa shape index (κ3) is 13.6. The minimum atomic E-state index is 0.856. The summed E-state index contributed by atoms with van der Waals surface area (Å²) in [6.07, 6.45) is 14.0. The highest BCUT2D eigenvalue weighted by atomic mass is 15.0. The Labute approximate surface area is 652 Å². The van der Waals surface area contributed by atoms with E-state index in [0.717, 1.165) is 169 Å². The monoisotopic (exact) mass is 1450 g/mol. The van der Waals surface area contributed by atoms with Crippen molar-refractivity contribution in [2.24, 2.45) is 0 Å². The summed E-state index contributed by atoms with van der Waals surface area (Å²) >= 11 is 0. The van der Waals surface area contributed by atoms with E-state index in [0.29, 0.717) is 0 Å². The fraction of sp³-hybridized carbons (Fsp3) is 0.0198. The van der Waals surface area contributed by atoms with E-state index >= 15 is 0 Å². The van der Waals surface area contributed by atoms with E-state index in [1.807, 2.05) is 122 Å². The largest absolute Gasteiger partial charge is 0.308 e. The maximum Gasteiger partial charge on any atom is 0.145 e. The van der Waals surface area contributed by atoms with E-state index < -0.39 is 0 Å². The molecule has 0 aliphatic carbocycles. The summed E-state index contributed by atoms with van der Waals surface area (Å²) in [5.41, 5.74) is 30.1. The third-order valence-corrected chi connectivity index (χ3v) is 20.8. The molecule has 0 saturated heterocycles. The zero-order valence-electron chi connectivity index (χ0n) is 61.6. The third-order valence-electron chi connectivity index (χ3n) is 20.8. The molecule has 12 heterocycles. The molecule has 0 atom stereocenters. The highest BCUT2D eigenvalue weighted by Gasteiger charge is 2.19. The molecule has 113 heavy (non-hydrogen) atoms. The maximum atomic E-state index is 5.01. The van der Waals surface area contributed by atoms with Gasteiger partial charge in [0.25, 0.3) is 0 Å². The van der Waals surface area contributed by atoms with Gasteiger partial charge in [-0.2, -0.15) is 0 Å². The van der Waals surface area contributed by atoms with Crippen LogP contribution in [0.5, 0.6) is 0 Å². The molecule has 21 rings (SSSR count). The van der Waals surface area contributed by atoms with Crippen molar-refractivity contribution in [3.8, 4) is 118 Å². The maximum absolute atomic E-state index is 5.01. The number of pyridine rings is 9. The molecule has 0 unspecified atom stereocenters. The van der Waals surface area contributed by atoms with Gasteiger partial charge in [-0.3, -0.25) is 29.5 Å². The summed E-state index contributed by atoms with van der Waals surface area (Å²) in [6.45, 7) is 2.17. The molecule has 21 aromatic rings. The molecule has 0 aliphatic heterocycles. The minimum absolute atomic E-state index is 0.856. The van der Waals surface area contributed by atoms with Crippen molar-refractivity contribution >= 4 is 65.7 Å². The lowest BCUT2D eigenvalue weighted by molar-refractivity contribution is 1.14. The van der Waals surface area contributed by atoms with Crippen LogP contribution in [0, 0.1) is 0 Å². The van der Waals surface area contributed by atoms with Crippen LogP contribution in [-0.4, -0.2) is 58.6 Å². The van der Waals surface area contributed by atoms with Crippen molar-refractivity contribution in [3.05, 3.63) is 401 Å². The molecule has 0 fully saturated rings. The number of hydrogen-bond acceptors (Lipinski definition) is 9. The molecule has 0 amide bonds. The SMILES string of the molecule is CCc1ccc(-c2cc(-c3ccc(-n4c5ccccc5c5cccnc54)cc3)cc(-c3ccccn3)n2)cc1.c1ccc(-c2cc(-c3ccc(-n4c5ccccc5c5ccncc54)cc3)cc(-c3ccccn3)n2)cc1.c1ccc(-c2cc(-c3ccc(-n4c5ccccc5c5ncccc54)cc3)nc(-c3ccccn3)c2)cc1. The number of benzene rings is 9. The Kier molecular flexibility index (Phi) is 18.4. The second-order valence-electron chi connectivity index (χ2n) is 27.6. The van der Waals surface area contributed by atoms with Crippen LogP contribution in [0.1, 0.15) is 12.5 Å². The number of fused-ring (bicyclic) bond motifs is 9. The molecule has 12 aromatic heterocycles. The van der Waals surface area contributed by atoms with Gasteiger partial charge in [-0.05, 0) is 203 Å². The van der Waals surface area contributed by atoms with Crippen molar-refractivity contribution in [1.82, 2.24) is 58.6 Å². The van der Waals surface area contributed by atoms with Crippen LogP contribution >= 0.6 is 0 Å². The van der Waals surface area contributed by atoms with Crippen LogP contribution in [-0.2, 0) is 6.42 Å². The van der Waals surface area contributed by atoms with Crippen molar-refractivity contribution in [1.29, 1.82) is 0 Å². The van der Waals surface area contributed by atoms with E-state index in [9.17, 15) is 0 Å². The van der Waals surface area contributed by atoms with Crippen molar-refractivity contribution < 1.29 is 0 Å². The number of aromatic nitrogens is 12. The van der Waals surface area contributed by atoms with E-state index in [4.69, 9.17) is 19.9 Å². The van der Waals surface area contributed by atoms with Crippen molar-refractivity contribution in [2.75, 3.05) is 0 Å². The van der Waals surface area contributed by atoms with Gasteiger partial charge in [-0.1, -0.05) is 201 Å². The normalized spacial score (nSPS) is 11.3. The van der Waals surface area contributed by atoms with Gasteiger partial charge in [-0.15, -0.1) is 0 Å². The van der Waals surface area contributed by atoms with Gasteiger partial charge < -0.3 is 9.13 Å². The lowest BCUT2D eigenvalue weighted by Gasteiger charge is -2.12. The van der Waals surface area contributed by atoms with Crippen LogP contribution in [0.4, 0.5) is 0 Å². The van der Waals surface area contributed by atoms with Crippen molar-refractivity contribution in [2.45, 2.75) is 13.3 Å². The summed E-state index contributed by atoms with van der Waals surface area (Å²) in [7, 11) is 0. The quantitative estimate of drug-likeness (QED) is 0.111. The molecular weight excluding hydrogens is 1380 g/mol. The van der Waals surface area contributed by atoms with Gasteiger partial charge >= 0.3 is 0 Å². The second kappa shape index (κ2) is 30.4. The molecule has 0 radical (unpaired) electrons. The number of aryl methyl sites for hydroxylation is 1. The summed E-state index contributed by atoms with van der Waals surface area (Å²) in [6, 6.07) is 122. The van der Waals surface area contributed by atoms with Gasteiger partial charge in [0.05, 0.1) is 90.5 Å². The Bertz CT molecular complexity index is 6420. The molecule has 0 N–H and O–H groups in total. The average Bonchev–Trinajstić information content (AvgIpc) is 1.62. The minimum Gasteiger partial charge on any atom is -0.308 e. The zero-order valence-corrected chi connectivity index (χ0v) is 61.6. The Hall–Kier alpha value is -15.3. The first kappa shape index (κ1) is 68.3. The zero-order chi connectivity index (χ0) is 75.4. The topological polar surface area (TPSA) is 131 Å². The fourth-order valence-corrected chi connectivity index (χ4v) is 15.2. The average molecular weight is 1450 g/mol. The van der Waals surface area contributed by atoms with Crippen LogP contribution in [0.2, 0.25) is 0 Å². The molecule has 12 nitrogen and oxygen atoms in total. The van der Waals surface area contributed by atoms with Gasteiger partial charge in [0.15, 0.2) is 0 Å². The van der Waals surface area contributed by atoms with Crippen LogP contribution in [0.15, 0.2) is 395 Å². The predicted octanol–water partition coefficient (Wildman–Crippen LogP) is 24.5. The Morgan fingerprint density at radius 3 is 1.09 bits per heavy atom. The second-order valence-corrected chi connectivity index (χ2v) is 27.6. The summed E-state index contributed by atoms with van der Waals surface area (Å²) < 4.78 is 6.79. The number of para-hydroxylation sites is 3. The highest BCUT2D eigenvalue weighted by Crippen LogP contribution is 2.39. The molecule has 0 bridgehead atoms. The highest BCUT2D eigenvalue weighted by molar-refractivity contribution is 6.10. The molecule has 0 aliphatic rings. The Morgan fingerprint density at radius 2 is 0.575 bits per heavy atom. The molecular formula is C101H70N12. The summed E-state index contributed by atoms with van der Waals surface area (Å²) in [5.74, 6) is 0. The smallest absolute Gasteiger partial charge is 0.145 e. The summed E-state index contributed by atoms with van der Waals surface area (Å²) in [4.78, 5) is 42.4. The Morgan fingerprint density at radius 1 is 0.221 bits per heavy atom.